The van der Waals surface area contributed by atoms with Gasteiger partial charge in [-0.1, -0.05) is 24.6 Å². The number of thiophene rings is 1. The molecular weight excluding hydrogens is 416 g/mol. The maximum Gasteiger partial charge on any atom is 0.267 e. The van der Waals surface area contributed by atoms with Crippen molar-refractivity contribution >= 4 is 63.5 Å². The van der Waals surface area contributed by atoms with Crippen molar-refractivity contribution in [2.24, 2.45) is 0 Å². The molecule has 1 aliphatic rings. The molecule has 1 aromatic carbocycles. The summed E-state index contributed by atoms with van der Waals surface area (Å²) >= 11 is 12.8. The third-order valence-corrected chi connectivity index (χ3v) is 5.76. The van der Waals surface area contributed by atoms with Crippen LogP contribution in [-0.4, -0.2) is 48.0 Å². The zero-order chi connectivity index (χ0) is 20.1. The predicted octanol–water partition coefficient (Wildman–Crippen LogP) is 3.59. The van der Waals surface area contributed by atoms with E-state index in [4.69, 9.17) is 23.8 Å². The SMILES string of the molecule is CCC(=O)N1CCN(c2ccc(Cl)cc2NC(=S)NC(=O)c2cccs2)CC1. The topological polar surface area (TPSA) is 64.7 Å². The lowest BCUT2D eigenvalue weighted by molar-refractivity contribution is -0.131. The molecule has 1 aromatic heterocycles. The van der Waals surface area contributed by atoms with Crippen LogP contribution in [0.1, 0.15) is 23.0 Å². The van der Waals surface area contributed by atoms with Crippen LogP contribution < -0.4 is 15.5 Å². The van der Waals surface area contributed by atoms with Gasteiger partial charge in [-0.15, -0.1) is 11.3 Å². The fraction of sp³-hybridized carbons (Fsp3) is 0.316. The molecule has 0 saturated carbocycles. The quantitative estimate of drug-likeness (QED) is 0.717. The third kappa shape index (κ3) is 5.01. The number of hydrogen-bond donors (Lipinski definition) is 2. The lowest BCUT2D eigenvalue weighted by atomic mass is 10.2. The summed E-state index contributed by atoms with van der Waals surface area (Å²) in [6.07, 6.45) is 0.520. The average Bonchev–Trinajstić information content (AvgIpc) is 3.22. The number of rotatable bonds is 4. The van der Waals surface area contributed by atoms with Crippen molar-refractivity contribution in [1.82, 2.24) is 10.2 Å². The van der Waals surface area contributed by atoms with E-state index in [-0.39, 0.29) is 16.9 Å². The molecule has 0 aliphatic carbocycles. The number of nitrogens with one attached hydrogen (secondary N) is 2. The number of carbonyl (C=O) groups excluding carboxylic acids is 2. The highest BCUT2D eigenvalue weighted by molar-refractivity contribution is 7.80. The molecule has 0 atom stereocenters. The monoisotopic (exact) mass is 436 g/mol. The minimum absolute atomic E-state index is 0.173. The summed E-state index contributed by atoms with van der Waals surface area (Å²) in [6, 6.07) is 9.08. The van der Waals surface area contributed by atoms with E-state index in [1.54, 1.807) is 12.1 Å². The molecule has 1 saturated heterocycles. The van der Waals surface area contributed by atoms with Gasteiger partial charge in [-0.3, -0.25) is 14.9 Å². The Balaban J connectivity index is 1.68. The Morgan fingerprint density at radius 3 is 2.61 bits per heavy atom. The first-order valence-corrected chi connectivity index (χ1v) is 10.6. The minimum atomic E-state index is -0.247. The van der Waals surface area contributed by atoms with Gasteiger partial charge in [0.2, 0.25) is 5.91 Å². The standard InChI is InChI=1S/C19H21ClN4O2S2/c1-2-17(25)24-9-7-23(8-10-24)15-6-5-13(20)12-14(15)21-19(27)22-18(26)16-4-3-11-28-16/h3-6,11-12H,2,7-10H2,1H3,(H2,21,22,26,27). The number of piperazine rings is 1. The van der Waals surface area contributed by atoms with Crippen molar-refractivity contribution in [2.75, 3.05) is 36.4 Å². The van der Waals surface area contributed by atoms with Gasteiger partial charge in [-0.05, 0) is 41.9 Å². The molecule has 28 heavy (non-hydrogen) atoms. The first-order chi connectivity index (χ1) is 13.5. The number of thiocarbonyl (C=S) groups is 1. The van der Waals surface area contributed by atoms with Crippen molar-refractivity contribution in [1.29, 1.82) is 0 Å². The van der Waals surface area contributed by atoms with Crippen LogP contribution in [0.15, 0.2) is 35.7 Å². The van der Waals surface area contributed by atoms with E-state index in [1.165, 1.54) is 11.3 Å². The number of carbonyl (C=O) groups is 2. The molecule has 0 bridgehead atoms. The summed E-state index contributed by atoms with van der Waals surface area (Å²) in [5, 5.41) is 8.39. The normalized spacial score (nSPS) is 13.9. The van der Waals surface area contributed by atoms with E-state index in [9.17, 15) is 9.59 Å². The molecule has 2 amide bonds. The van der Waals surface area contributed by atoms with E-state index in [1.807, 2.05) is 35.4 Å². The highest BCUT2D eigenvalue weighted by Crippen LogP contribution is 2.30. The molecule has 3 rings (SSSR count). The molecule has 0 spiro atoms. The van der Waals surface area contributed by atoms with Crippen molar-refractivity contribution in [3.05, 3.63) is 45.6 Å². The smallest absolute Gasteiger partial charge is 0.267 e. The van der Waals surface area contributed by atoms with Gasteiger partial charge in [0.1, 0.15) is 0 Å². The van der Waals surface area contributed by atoms with Crippen LogP contribution in [0.3, 0.4) is 0 Å². The molecule has 2 heterocycles. The lowest BCUT2D eigenvalue weighted by Crippen LogP contribution is -2.48. The molecule has 9 heteroatoms. The highest BCUT2D eigenvalue weighted by atomic mass is 35.5. The zero-order valence-electron chi connectivity index (χ0n) is 15.4. The van der Waals surface area contributed by atoms with Crippen molar-refractivity contribution in [3.63, 3.8) is 0 Å². The third-order valence-electron chi connectivity index (χ3n) is 4.45. The van der Waals surface area contributed by atoms with E-state index in [2.05, 4.69) is 15.5 Å². The van der Waals surface area contributed by atoms with E-state index in [0.29, 0.717) is 29.4 Å². The summed E-state index contributed by atoms with van der Waals surface area (Å²) in [5.74, 6) is -0.0747. The van der Waals surface area contributed by atoms with Crippen LogP contribution in [0.4, 0.5) is 11.4 Å². The van der Waals surface area contributed by atoms with Gasteiger partial charge < -0.3 is 15.1 Å². The van der Waals surface area contributed by atoms with Crippen LogP contribution in [0.2, 0.25) is 5.02 Å². The van der Waals surface area contributed by atoms with Crippen LogP contribution in [0.5, 0.6) is 0 Å². The predicted molar refractivity (Wildman–Crippen MR) is 119 cm³/mol. The second kappa shape index (κ2) is 9.36. The van der Waals surface area contributed by atoms with Gasteiger partial charge in [0.25, 0.3) is 5.91 Å². The fourth-order valence-corrected chi connectivity index (χ4v) is 4.02. The molecule has 1 aliphatic heterocycles. The van der Waals surface area contributed by atoms with E-state index in [0.717, 1.165) is 24.5 Å². The molecule has 0 unspecified atom stereocenters. The largest absolute Gasteiger partial charge is 0.366 e. The second-order valence-electron chi connectivity index (χ2n) is 6.27. The Hall–Kier alpha value is -2.16. The number of amides is 2. The fourth-order valence-electron chi connectivity index (χ4n) is 3.03. The molecule has 2 N–H and O–H groups in total. The van der Waals surface area contributed by atoms with Gasteiger partial charge in [0.05, 0.1) is 16.3 Å². The van der Waals surface area contributed by atoms with Gasteiger partial charge in [-0.25, -0.2) is 0 Å². The Morgan fingerprint density at radius 1 is 1.21 bits per heavy atom. The number of halogens is 1. The number of nitrogens with zero attached hydrogens (tertiary/aromatic N) is 2. The van der Waals surface area contributed by atoms with Crippen LogP contribution in [-0.2, 0) is 4.79 Å². The summed E-state index contributed by atoms with van der Waals surface area (Å²) in [7, 11) is 0. The highest BCUT2D eigenvalue weighted by Gasteiger charge is 2.22. The number of hydrogen-bond acceptors (Lipinski definition) is 5. The maximum atomic E-state index is 12.2. The van der Waals surface area contributed by atoms with Gasteiger partial charge in [0, 0.05) is 37.6 Å². The zero-order valence-corrected chi connectivity index (χ0v) is 17.8. The van der Waals surface area contributed by atoms with Crippen molar-refractivity contribution in [3.8, 4) is 0 Å². The van der Waals surface area contributed by atoms with E-state index >= 15 is 0 Å². The Bertz CT molecular complexity index is 865. The molecule has 2 aromatic rings. The van der Waals surface area contributed by atoms with Crippen molar-refractivity contribution < 1.29 is 9.59 Å². The summed E-state index contributed by atoms with van der Waals surface area (Å²) in [5.41, 5.74) is 1.65. The molecule has 0 radical (unpaired) electrons. The minimum Gasteiger partial charge on any atom is -0.366 e. The molecule has 1 fully saturated rings. The van der Waals surface area contributed by atoms with Crippen LogP contribution in [0, 0.1) is 0 Å². The van der Waals surface area contributed by atoms with Crippen molar-refractivity contribution in [2.45, 2.75) is 13.3 Å². The maximum absolute atomic E-state index is 12.2. The first-order valence-electron chi connectivity index (χ1n) is 8.96. The van der Waals surface area contributed by atoms with Gasteiger partial charge in [-0.2, -0.15) is 0 Å². The van der Waals surface area contributed by atoms with Gasteiger partial charge in [0.15, 0.2) is 5.11 Å². The summed E-state index contributed by atoms with van der Waals surface area (Å²) < 4.78 is 0. The van der Waals surface area contributed by atoms with Crippen LogP contribution >= 0.6 is 35.2 Å². The second-order valence-corrected chi connectivity index (χ2v) is 8.06. The summed E-state index contributed by atoms with van der Waals surface area (Å²) in [6.45, 7) is 4.66. The molecular formula is C19H21ClN4O2S2. The molecule has 148 valence electrons. The Kier molecular flexibility index (Phi) is 6.88. The Morgan fingerprint density at radius 2 is 1.96 bits per heavy atom. The lowest BCUT2D eigenvalue weighted by Gasteiger charge is -2.37. The molecule has 6 nitrogen and oxygen atoms in total. The first kappa shape index (κ1) is 20.6. The summed E-state index contributed by atoms with van der Waals surface area (Å²) in [4.78, 5) is 28.7. The Labute approximate surface area is 178 Å². The number of benzene rings is 1. The van der Waals surface area contributed by atoms with Crippen LogP contribution in [0.25, 0.3) is 0 Å². The van der Waals surface area contributed by atoms with Gasteiger partial charge >= 0.3 is 0 Å². The number of anilines is 2. The average molecular weight is 437 g/mol. The van der Waals surface area contributed by atoms with E-state index < -0.39 is 0 Å².